The zero-order valence-corrected chi connectivity index (χ0v) is 10.7. The molecule has 1 aromatic carbocycles. The molecular formula is C13H19N3O2. The van der Waals surface area contributed by atoms with Gasteiger partial charge in [0.05, 0.1) is 0 Å². The van der Waals surface area contributed by atoms with Gasteiger partial charge in [-0.25, -0.2) is 0 Å². The number of amides is 1. The highest BCUT2D eigenvalue weighted by Gasteiger charge is 2.05. The van der Waals surface area contributed by atoms with Crippen LogP contribution in [0.3, 0.4) is 0 Å². The van der Waals surface area contributed by atoms with Crippen molar-refractivity contribution in [2.24, 2.45) is 16.8 Å². The predicted octanol–water partition coefficient (Wildman–Crippen LogP) is 1.44. The highest BCUT2D eigenvalue weighted by Crippen LogP contribution is 2.05. The monoisotopic (exact) mass is 249 g/mol. The lowest BCUT2D eigenvalue weighted by atomic mass is 10.1. The number of oxime groups is 1. The van der Waals surface area contributed by atoms with Gasteiger partial charge in [0, 0.05) is 18.5 Å². The Bertz CT molecular complexity index is 442. The number of benzene rings is 1. The van der Waals surface area contributed by atoms with Crippen LogP contribution in [-0.2, 0) is 11.3 Å². The van der Waals surface area contributed by atoms with Gasteiger partial charge in [0.1, 0.15) is 0 Å². The molecule has 18 heavy (non-hydrogen) atoms. The zero-order chi connectivity index (χ0) is 13.5. The van der Waals surface area contributed by atoms with Gasteiger partial charge < -0.3 is 16.3 Å². The molecule has 0 saturated carbocycles. The summed E-state index contributed by atoms with van der Waals surface area (Å²) in [5, 5.41) is 14.4. The molecule has 0 aliphatic heterocycles. The number of hydrogen-bond acceptors (Lipinski definition) is 3. The van der Waals surface area contributed by atoms with E-state index in [2.05, 4.69) is 10.5 Å². The van der Waals surface area contributed by atoms with Gasteiger partial charge in [-0.3, -0.25) is 4.79 Å². The molecule has 0 unspecified atom stereocenters. The highest BCUT2D eigenvalue weighted by atomic mass is 16.4. The first-order valence-corrected chi connectivity index (χ1v) is 5.86. The third-order valence-corrected chi connectivity index (χ3v) is 2.41. The number of nitrogens with zero attached hydrogens (tertiary/aromatic N) is 1. The summed E-state index contributed by atoms with van der Waals surface area (Å²) in [5.74, 6) is 0.429. The molecule has 1 rings (SSSR count). The van der Waals surface area contributed by atoms with E-state index >= 15 is 0 Å². The van der Waals surface area contributed by atoms with E-state index in [4.69, 9.17) is 10.9 Å². The Kier molecular flexibility index (Phi) is 5.17. The second-order valence-corrected chi connectivity index (χ2v) is 4.56. The Morgan fingerprint density at radius 2 is 2.22 bits per heavy atom. The lowest BCUT2D eigenvalue weighted by Gasteiger charge is -2.08. The molecule has 0 radical (unpaired) electrons. The van der Waals surface area contributed by atoms with Crippen LogP contribution in [0.4, 0.5) is 0 Å². The summed E-state index contributed by atoms with van der Waals surface area (Å²) in [4.78, 5) is 11.5. The van der Waals surface area contributed by atoms with E-state index < -0.39 is 0 Å². The minimum atomic E-state index is 0.0270. The molecule has 0 heterocycles. The molecule has 0 atom stereocenters. The second kappa shape index (κ2) is 6.64. The van der Waals surface area contributed by atoms with E-state index in [1.54, 1.807) is 18.2 Å². The number of nitrogens with two attached hydrogens (primary N) is 1. The summed E-state index contributed by atoms with van der Waals surface area (Å²) in [6.07, 6.45) is 0.514. The summed E-state index contributed by atoms with van der Waals surface area (Å²) in [6.45, 7) is 4.44. The van der Waals surface area contributed by atoms with Gasteiger partial charge in [-0.05, 0) is 17.5 Å². The molecule has 5 nitrogen and oxygen atoms in total. The Balaban J connectivity index is 2.60. The van der Waals surface area contributed by atoms with Crippen LogP contribution in [0.5, 0.6) is 0 Å². The average Bonchev–Trinajstić information content (AvgIpc) is 2.35. The summed E-state index contributed by atoms with van der Waals surface area (Å²) >= 11 is 0. The normalized spacial score (nSPS) is 11.6. The molecule has 0 saturated heterocycles. The van der Waals surface area contributed by atoms with Crippen LogP contribution in [0.1, 0.15) is 31.4 Å². The Labute approximate surface area is 107 Å². The van der Waals surface area contributed by atoms with Crippen molar-refractivity contribution in [3.63, 3.8) is 0 Å². The van der Waals surface area contributed by atoms with Crippen LogP contribution in [0.25, 0.3) is 0 Å². The molecule has 98 valence electrons. The summed E-state index contributed by atoms with van der Waals surface area (Å²) in [6, 6.07) is 7.21. The van der Waals surface area contributed by atoms with Crippen molar-refractivity contribution >= 4 is 11.7 Å². The van der Waals surface area contributed by atoms with Gasteiger partial charge >= 0.3 is 0 Å². The maximum Gasteiger partial charge on any atom is 0.220 e. The SMILES string of the molecule is CC(C)CC(=O)NCc1cccc(C(N)=NO)c1. The third-order valence-electron chi connectivity index (χ3n) is 2.41. The van der Waals surface area contributed by atoms with Gasteiger partial charge in [0.25, 0.3) is 0 Å². The van der Waals surface area contributed by atoms with Crippen LogP contribution >= 0.6 is 0 Å². The molecule has 0 aliphatic rings. The molecule has 5 heteroatoms. The van der Waals surface area contributed by atoms with Crippen molar-refractivity contribution < 1.29 is 10.0 Å². The van der Waals surface area contributed by atoms with E-state index in [0.29, 0.717) is 24.4 Å². The number of rotatable bonds is 5. The van der Waals surface area contributed by atoms with E-state index in [1.807, 2.05) is 19.9 Å². The standard InChI is InChI=1S/C13H19N3O2/c1-9(2)6-12(17)15-8-10-4-3-5-11(7-10)13(14)16-18/h3-5,7,9,18H,6,8H2,1-2H3,(H2,14,16)(H,15,17). The number of carbonyl (C=O) groups is 1. The molecule has 0 fully saturated rings. The fraction of sp³-hybridized carbons (Fsp3) is 0.385. The largest absolute Gasteiger partial charge is 0.409 e. The topological polar surface area (TPSA) is 87.7 Å². The number of hydrogen-bond donors (Lipinski definition) is 3. The zero-order valence-electron chi connectivity index (χ0n) is 10.7. The molecule has 0 aromatic heterocycles. The van der Waals surface area contributed by atoms with Crippen molar-refractivity contribution in [2.75, 3.05) is 0 Å². The van der Waals surface area contributed by atoms with Gasteiger partial charge in [-0.1, -0.05) is 37.2 Å². The van der Waals surface area contributed by atoms with Crippen LogP contribution < -0.4 is 11.1 Å². The van der Waals surface area contributed by atoms with E-state index in [0.717, 1.165) is 5.56 Å². The minimum absolute atomic E-state index is 0.0270. The quantitative estimate of drug-likeness (QED) is 0.319. The molecule has 1 amide bonds. The number of carbonyl (C=O) groups excluding carboxylic acids is 1. The van der Waals surface area contributed by atoms with Crippen LogP contribution in [-0.4, -0.2) is 17.0 Å². The van der Waals surface area contributed by atoms with E-state index in [-0.39, 0.29) is 11.7 Å². The predicted molar refractivity (Wildman–Crippen MR) is 70.3 cm³/mol. The van der Waals surface area contributed by atoms with Gasteiger partial charge in [-0.2, -0.15) is 0 Å². The van der Waals surface area contributed by atoms with Crippen molar-refractivity contribution in [3.8, 4) is 0 Å². The Hall–Kier alpha value is -2.04. The third kappa shape index (κ3) is 4.45. The lowest BCUT2D eigenvalue weighted by molar-refractivity contribution is -0.121. The van der Waals surface area contributed by atoms with Gasteiger partial charge in [-0.15, -0.1) is 0 Å². The molecule has 0 spiro atoms. The second-order valence-electron chi connectivity index (χ2n) is 4.56. The molecule has 0 aliphatic carbocycles. The molecule has 4 N–H and O–H groups in total. The molecule has 1 aromatic rings. The first kappa shape index (κ1) is 14.0. The number of nitrogens with one attached hydrogen (secondary N) is 1. The summed E-state index contributed by atoms with van der Waals surface area (Å²) in [7, 11) is 0. The van der Waals surface area contributed by atoms with Crippen molar-refractivity contribution in [3.05, 3.63) is 35.4 Å². The average molecular weight is 249 g/mol. The van der Waals surface area contributed by atoms with Crippen molar-refractivity contribution in [1.29, 1.82) is 0 Å². The van der Waals surface area contributed by atoms with Crippen LogP contribution in [0.2, 0.25) is 0 Å². The number of amidine groups is 1. The smallest absolute Gasteiger partial charge is 0.220 e. The minimum Gasteiger partial charge on any atom is -0.409 e. The lowest BCUT2D eigenvalue weighted by Crippen LogP contribution is -2.24. The maximum atomic E-state index is 11.5. The summed E-state index contributed by atoms with van der Waals surface area (Å²) in [5.41, 5.74) is 7.04. The Morgan fingerprint density at radius 3 is 2.83 bits per heavy atom. The molecule has 0 bridgehead atoms. The highest BCUT2D eigenvalue weighted by molar-refractivity contribution is 5.97. The van der Waals surface area contributed by atoms with Crippen LogP contribution in [0, 0.1) is 5.92 Å². The fourth-order valence-electron chi connectivity index (χ4n) is 1.54. The van der Waals surface area contributed by atoms with E-state index in [9.17, 15) is 4.79 Å². The maximum absolute atomic E-state index is 11.5. The summed E-state index contributed by atoms with van der Waals surface area (Å²) < 4.78 is 0. The first-order chi connectivity index (χ1) is 8.52. The van der Waals surface area contributed by atoms with Crippen molar-refractivity contribution in [2.45, 2.75) is 26.8 Å². The van der Waals surface area contributed by atoms with Gasteiger partial charge in [0.15, 0.2) is 5.84 Å². The Morgan fingerprint density at radius 1 is 1.50 bits per heavy atom. The van der Waals surface area contributed by atoms with Gasteiger partial charge in [0.2, 0.25) is 5.91 Å². The van der Waals surface area contributed by atoms with Crippen LogP contribution in [0.15, 0.2) is 29.4 Å². The molecular weight excluding hydrogens is 230 g/mol. The first-order valence-electron chi connectivity index (χ1n) is 5.86. The fourth-order valence-corrected chi connectivity index (χ4v) is 1.54. The van der Waals surface area contributed by atoms with Crippen molar-refractivity contribution in [1.82, 2.24) is 5.32 Å². The van der Waals surface area contributed by atoms with E-state index in [1.165, 1.54) is 0 Å².